The van der Waals surface area contributed by atoms with Crippen molar-refractivity contribution in [2.45, 2.75) is 53.8 Å². The molecule has 6 atom stereocenters. The fraction of sp³-hybridized carbons (Fsp3) is 0.538. The van der Waals surface area contributed by atoms with Crippen molar-refractivity contribution in [1.82, 2.24) is 0 Å². The number of benzene rings is 2. The molecule has 2 N–H and O–H groups in total. The van der Waals surface area contributed by atoms with Crippen molar-refractivity contribution in [3.8, 4) is 5.75 Å². The Bertz CT molecular complexity index is 2030. The number of sulfonamides is 2. The predicted octanol–water partition coefficient (Wildman–Crippen LogP) is 3.01. The molecule has 1 aliphatic heterocycles. The Labute approximate surface area is 278 Å². The molecule has 0 amide bonds. The molecular weight excluding hydrogens is 759 g/mol. The van der Waals surface area contributed by atoms with Crippen LogP contribution in [-0.4, -0.2) is 77.3 Å². The standard InChI is InChI=1S/C26H26F6N2O11S4/c1-3-46(4-2)17-10-9-16(12-7-5-6-8-13(12)17)43-22(35)19-15-11-14-18(19)23(36)44-20(14)21(15)45-49(41,42)34-48(39,40)26(31,32)24(27,28)25(29,30)47(33,37)38/h5-10,14-15,18-21H,3-4,11H2,1-2H3,(H2,33,37,38). The number of hydrogen-bond acceptors (Lipinski definition) is 11. The van der Waals surface area contributed by atoms with E-state index >= 15 is 0 Å². The minimum absolute atomic E-state index is 0.0800. The molecule has 2 bridgehead atoms. The summed E-state index contributed by atoms with van der Waals surface area (Å²) >= 11 is 0. The van der Waals surface area contributed by atoms with Gasteiger partial charge in [0.05, 0.1) is 11.8 Å². The SMILES string of the molecule is CC[S+](CC)c1ccc(OC(=O)C2C3CC4C(OC(=O)C42)C3OS(=O)(=O)[N-]S(=O)(=O)C(F)(F)C(F)(F)C(F)(F)S(N)(=O)=O)c2ccccc12. The second-order valence-electron chi connectivity index (χ2n) is 11.3. The summed E-state index contributed by atoms with van der Waals surface area (Å²) in [6.07, 6.45) is -3.63. The normalized spacial score (nSPS) is 26.0. The number of primary sulfonamides is 1. The minimum atomic E-state index is -7.57. The zero-order valence-electron chi connectivity index (χ0n) is 25.0. The molecule has 13 nitrogen and oxygen atoms in total. The summed E-state index contributed by atoms with van der Waals surface area (Å²) in [6, 6.07) is 10.3. The molecule has 5 rings (SSSR count). The molecule has 23 heteroatoms. The first kappa shape index (κ1) is 37.6. The van der Waals surface area contributed by atoms with Crippen LogP contribution in [0, 0.1) is 23.7 Å². The Morgan fingerprint density at radius 2 is 1.53 bits per heavy atom. The lowest BCUT2D eigenvalue weighted by molar-refractivity contribution is -0.243. The number of rotatable bonds is 13. The first-order valence-electron chi connectivity index (χ1n) is 14.1. The number of alkyl halides is 6. The molecule has 2 aromatic carbocycles. The number of nitrogens with zero attached hydrogens (tertiary/aromatic N) is 1. The Kier molecular flexibility index (Phi) is 9.36. The van der Waals surface area contributed by atoms with Crippen molar-refractivity contribution in [2.24, 2.45) is 28.8 Å². The molecule has 3 aliphatic rings. The van der Waals surface area contributed by atoms with Gasteiger partial charge in [0.15, 0.2) is 14.9 Å². The Morgan fingerprint density at radius 1 is 0.939 bits per heavy atom. The van der Waals surface area contributed by atoms with Gasteiger partial charge in [0, 0.05) is 33.5 Å². The molecule has 49 heavy (non-hydrogen) atoms. The molecule has 2 aromatic rings. The zero-order chi connectivity index (χ0) is 36.7. The third kappa shape index (κ3) is 5.87. The minimum Gasteiger partial charge on any atom is -0.459 e. The molecule has 1 saturated heterocycles. The van der Waals surface area contributed by atoms with E-state index < -0.39 is 94.6 Å². The Balaban J connectivity index is 1.41. The topological polar surface area (TPSA) is 204 Å². The van der Waals surface area contributed by atoms with Gasteiger partial charge in [-0.2, -0.15) is 26.3 Å². The molecule has 3 fully saturated rings. The van der Waals surface area contributed by atoms with Crippen LogP contribution in [0.5, 0.6) is 5.75 Å². The number of carbonyl (C=O) groups excluding carboxylic acids is 2. The van der Waals surface area contributed by atoms with Crippen LogP contribution in [0.2, 0.25) is 0 Å². The van der Waals surface area contributed by atoms with Crippen molar-refractivity contribution >= 4 is 64.0 Å². The van der Waals surface area contributed by atoms with Crippen LogP contribution in [0.4, 0.5) is 26.3 Å². The summed E-state index contributed by atoms with van der Waals surface area (Å²) in [6.45, 7) is 4.04. The summed E-state index contributed by atoms with van der Waals surface area (Å²) in [7, 11) is -20.9. The van der Waals surface area contributed by atoms with Gasteiger partial charge in [-0.25, -0.2) is 30.4 Å². The molecule has 0 radical (unpaired) electrons. The maximum absolute atomic E-state index is 14.3. The second-order valence-corrected chi connectivity index (χ2v) is 18.6. The number of fused-ring (bicyclic) bond motifs is 2. The van der Waals surface area contributed by atoms with Gasteiger partial charge >= 0.3 is 28.4 Å². The van der Waals surface area contributed by atoms with Gasteiger partial charge < -0.3 is 13.6 Å². The molecule has 6 unspecified atom stereocenters. The van der Waals surface area contributed by atoms with Crippen LogP contribution in [0.25, 0.3) is 14.9 Å². The molecule has 0 aromatic heterocycles. The number of carbonyl (C=O) groups is 2. The Morgan fingerprint density at radius 3 is 2.10 bits per heavy atom. The monoisotopic (exact) mass is 784 g/mol. The van der Waals surface area contributed by atoms with Gasteiger partial charge in [-0.3, -0.25) is 13.8 Å². The van der Waals surface area contributed by atoms with Crippen LogP contribution < -0.4 is 9.88 Å². The van der Waals surface area contributed by atoms with Gasteiger partial charge in [-0.05, 0) is 38.5 Å². The molecule has 1 heterocycles. The lowest BCUT2D eigenvalue weighted by Crippen LogP contribution is -2.61. The highest BCUT2D eigenvalue weighted by Crippen LogP contribution is 2.60. The summed E-state index contributed by atoms with van der Waals surface area (Å²) < 4.78 is 172. The lowest BCUT2D eigenvalue weighted by atomic mass is 9.78. The number of hydrogen-bond donors (Lipinski definition) is 1. The average molecular weight is 785 g/mol. The van der Waals surface area contributed by atoms with Crippen LogP contribution in [0.1, 0.15) is 20.3 Å². The fourth-order valence-corrected chi connectivity index (χ4v) is 11.3. The highest BCUT2D eigenvalue weighted by molar-refractivity contribution is 8.10. The second kappa shape index (κ2) is 12.2. The predicted molar refractivity (Wildman–Crippen MR) is 159 cm³/mol. The van der Waals surface area contributed by atoms with Crippen molar-refractivity contribution in [3.63, 3.8) is 0 Å². The number of ether oxygens (including phenoxy) is 2. The van der Waals surface area contributed by atoms with Crippen molar-refractivity contribution in [2.75, 3.05) is 11.5 Å². The third-order valence-corrected chi connectivity index (χ3v) is 14.9. The summed E-state index contributed by atoms with van der Waals surface area (Å²) in [5.74, 6) is -12.5. The van der Waals surface area contributed by atoms with Crippen molar-refractivity contribution in [3.05, 3.63) is 40.5 Å². The van der Waals surface area contributed by atoms with Crippen molar-refractivity contribution in [1.29, 1.82) is 0 Å². The van der Waals surface area contributed by atoms with Gasteiger partial charge in [-0.1, -0.05) is 18.2 Å². The van der Waals surface area contributed by atoms with Crippen LogP contribution in [-0.2, 0) is 59.8 Å². The average Bonchev–Trinajstić information content (AvgIpc) is 3.61. The number of nitrogens with two attached hydrogens (primary N) is 1. The fourth-order valence-electron chi connectivity index (χ4n) is 6.55. The van der Waals surface area contributed by atoms with E-state index in [9.17, 15) is 61.2 Å². The lowest BCUT2D eigenvalue weighted by Gasteiger charge is -2.36. The largest absolute Gasteiger partial charge is 0.459 e. The van der Waals surface area contributed by atoms with E-state index in [4.69, 9.17) is 9.47 Å². The summed E-state index contributed by atoms with van der Waals surface area (Å²) in [5, 5.41) is -8.91. The van der Waals surface area contributed by atoms with Crippen molar-refractivity contribution < 1.29 is 74.8 Å². The van der Waals surface area contributed by atoms with Crippen LogP contribution in [0.3, 0.4) is 0 Å². The smallest absolute Gasteiger partial charge is 0.427 e. The van der Waals surface area contributed by atoms with E-state index in [1.54, 1.807) is 34.5 Å². The van der Waals surface area contributed by atoms with Gasteiger partial charge in [0.25, 0.3) is 10.0 Å². The first-order chi connectivity index (χ1) is 22.4. The first-order valence-corrected chi connectivity index (χ1v) is 20.0. The zero-order valence-corrected chi connectivity index (χ0v) is 28.2. The highest BCUT2D eigenvalue weighted by atomic mass is 32.3. The third-order valence-electron chi connectivity index (χ3n) is 8.72. The van der Waals surface area contributed by atoms with E-state index in [2.05, 4.69) is 9.32 Å². The summed E-state index contributed by atoms with van der Waals surface area (Å²) in [5.41, 5.74) is 0. The van der Waals surface area contributed by atoms with E-state index in [0.29, 0.717) is 5.39 Å². The molecule has 0 spiro atoms. The van der Waals surface area contributed by atoms with Crippen LogP contribution in [0.15, 0.2) is 41.3 Å². The maximum Gasteiger partial charge on any atom is 0.427 e. The molecule has 2 aliphatic carbocycles. The van der Waals surface area contributed by atoms with E-state index in [1.165, 1.54) is 0 Å². The summed E-state index contributed by atoms with van der Waals surface area (Å²) in [4.78, 5) is 27.4. The van der Waals surface area contributed by atoms with Gasteiger partial charge in [0.2, 0.25) is 10.3 Å². The van der Waals surface area contributed by atoms with E-state index in [0.717, 1.165) is 21.8 Å². The van der Waals surface area contributed by atoms with E-state index in [1.807, 2.05) is 19.9 Å². The molecular formula is C26H26F6N2O11S4. The maximum atomic E-state index is 14.3. The molecule has 272 valence electrons. The quantitative estimate of drug-likeness (QED) is 0.135. The highest BCUT2D eigenvalue weighted by Gasteiger charge is 2.80. The van der Waals surface area contributed by atoms with E-state index in [-0.39, 0.29) is 23.1 Å². The van der Waals surface area contributed by atoms with Gasteiger partial charge in [-0.15, -0.1) is 0 Å². The van der Waals surface area contributed by atoms with Gasteiger partial charge in [0.1, 0.15) is 29.5 Å². The van der Waals surface area contributed by atoms with Crippen LogP contribution >= 0.6 is 0 Å². The number of halogens is 6. The molecule has 2 saturated carbocycles. The Hall–Kier alpha value is -2.70. The number of esters is 2.